The molecule has 0 N–H and O–H groups in total. The molecule has 0 fully saturated rings. The maximum atomic E-state index is 6.30. The first-order valence-corrected chi connectivity index (χ1v) is 6.53. The highest BCUT2D eigenvalue weighted by Crippen LogP contribution is 2.40. The molecule has 0 saturated heterocycles. The fourth-order valence-corrected chi connectivity index (χ4v) is 3.34. The number of halogens is 2. The molecule has 0 aliphatic carbocycles. The van der Waals surface area contributed by atoms with Crippen LogP contribution >= 0.6 is 23.2 Å². The van der Waals surface area contributed by atoms with E-state index in [4.69, 9.17) is 23.2 Å². The summed E-state index contributed by atoms with van der Waals surface area (Å²) < 4.78 is 0. The number of rotatable bonds is 0. The second-order valence-corrected chi connectivity index (χ2v) is 5.34. The Kier molecular flexibility index (Phi) is 2.03. The van der Waals surface area contributed by atoms with Crippen LogP contribution in [0.1, 0.15) is 0 Å². The van der Waals surface area contributed by atoms with E-state index in [-0.39, 0.29) is 0 Å². The molecule has 0 aliphatic rings. The molecule has 0 aromatic heterocycles. The Morgan fingerprint density at radius 3 is 1.72 bits per heavy atom. The minimum atomic E-state index is 0.714. The molecule has 0 aliphatic heterocycles. The van der Waals surface area contributed by atoms with Crippen molar-refractivity contribution in [2.24, 2.45) is 0 Å². The Morgan fingerprint density at radius 2 is 1.17 bits per heavy atom. The summed E-state index contributed by atoms with van der Waals surface area (Å²) in [5, 5.41) is 8.44. The topological polar surface area (TPSA) is 0 Å². The molecule has 0 unspecified atom stereocenters. The normalized spacial score (nSPS) is 11.9. The van der Waals surface area contributed by atoms with Crippen molar-refractivity contribution in [2.75, 3.05) is 0 Å². The summed E-state index contributed by atoms with van der Waals surface area (Å²) in [4.78, 5) is 0. The summed E-state index contributed by atoms with van der Waals surface area (Å²) in [5.41, 5.74) is 0. The zero-order valence-electron chi connectivity index (χ0n) is 9.37. The van der Waals surface area contributed by atoms with Crippen LogP contribution in [0, 0.1) is 0 Å². The van der Waals surface area contributed by atoms with Crippen molar-refractivity contribution in [3.05, 3.63) is 58.6 Å². The Balaban J connectivity index is 2.48. The first-order chi connectivity index (χ1) is 8.75. The fourth-order valence-electron chi connectivity index (χ4n) is 2.75. The number of hydrogen-bond donors (Lipinski definition) is 0. The monoisotopic (exact) mass is 270 g/mol. The third kappa shape index (κ3) is 1.22. The van der Waals surface area contributed by atoms with Crippen LogP contribution < -0.4 is 0 Å². The van der Waals surface area contributed by atoms with E-state index >= 15 is 0 Å². The van der Waals surface area contributed by atoms with E-state index in [9.17, 15) is 0 Å². The van der Waals surface area contributed by atoms with Crippen LogP contribution in [0.25, 0.3) is 32.3 Å². The lowest BCUT2D eigenvalue weighted by molar-refractivity contribution is 1.78. The van der Waals surface area contributed by atoms with Crippen LogP contribution in [0.15, 0.2) is 48.5 Å². The molecule has 0 amide bonds. The van der Waals surface area contributed by atoms with E-state index in [2.05, 4.69) is 42.5 Å². The zero-order chi connectivity index (χ0) is 12.3. The highest BCUT2D eigenvalue weighted by Gasteiger charge is 2.12. The quantitative estimate of drug-likeness (QED) is 0.350. The van der Waals surface area contributed by atoms with Crippen molar-refractivity contribution >= 4 is 55.5 Å². The molecular weight excluding hydrogens is 263 g/mol. The van der Waals surface area contributed by atoms with Crippen molar-refractivity contribution in [1.82, 2.24) is 0 Å². The van der Waals surface area contributed by atoms with Crippen LogP contribution in [-0.4, -0.2) is 0 Å². The molecule has 0 atom stereocenters. The number of benzene rings is 4. The molecule has 0 bridgehead atoms. The fraction of sp³-hybridized carbons (Fsp3) is 0. The van der Waals surface area contributed by atoms with Gasteiger partial charge in [-0.3, -0.25) is 0 Å². The van der Waals surface area contributed by atoms with Gasteiger partial charge >= 0.3 is 0 Å². The van der Waals surface area contributed by atoms with Gasteiger partial charge < -0.3 is 0 Å². The summed E-state index contributed by atoms with van der Waals surface area (Å²) >= 11 is 12.6. The number of hydrogen-bond acceptors (Lipinski definition) is 0. The zero-order valence-corrected chi connectivity index (χ0v) is 10.9. The lowest BCUT2D eigenvalue weighted by atomic mass is 9.94. The average Bonchev–Trinajstić information content (AvgIpc) is 2.38. The molecule has 4 rings (SSSR count). The summed E-state index contributed by atoms with van der Waals surface area (Å²) in [6, 6.07) is 16.5. The first-order valence-electron chi connectivity index (χ1n) is 5.77. The van der Waals surface area contributed by atoms with E-state index < -0.39 is 0 Å². The van der Waals surface area contributed by atoms with Crippen molar-refractivity contribution < 1.29 is 0 Å². The molecular formula is C16H8Cl2. The Hall–Kier alpha value is -1.50. The maximum absolute atomic E-state index is 6.30. The van der Waals surface area contributed by atoms with E-state index in [0.29, 0.717) is 10.0 Å². The molecule has 0 saturated carbocycles. The molecule has 2 heteroatoms. The van der Waals surface area contributed by atoms with Crippen molar-refractivity contribution in [3.8, 4) is 0 Å². The van der Waals surface area contributed by atoms with Gasteiger partial charge in [0.15, 0.2) is 0 Å². The van der Waals surface area contributed by atoms with Crippen LogP contribution in [0.3, 0.4) is 0 Å². The molecule has 4 aromatic carbocycles. The van der Waals surface area contributed by atoms with Gasteiger partial charge in [-0.2, -0.15) is 0 Å². The van der Waals surface area contributed by atoms with Gasteiger partial charge in [0.1, 0.15) is 0 Å². The van der Waals surface area contributed by atoms with Gasteiger partial charge in [-0.1, -0.05) is 65.7 Å². The van der Waals surface area contributed by atoms with Crippen LogP contribution in [0.5, 0.6) is 0 Å². The molecule has 0 heterocycles. The summed E-state index contributed by atoms with van der Waals surface area (Å²) in [6.45, 7) is 0. The van der Waals surface area contributed by atoms with Gasteiger partial charge in [-0.25, -0.2) is 0 Å². The second-order valence-electron chi connectivity index (χ2n) is 4.52. The molecule has 0 nitrogen and oxygen atoms in total. The van der Waals surface area contributed by atoms with Gasteiger partial charge in [-0.05, 0) is 22.2 Å². The van der Waals surface area contributed by atoms with Crippen LogP contribution in [0.2, 0.25) is 10.0 Å². The Labute approximate surface area is 114 Å². The lowest BCUT2D eigenvalue weighted by Crippen LogP contribution is -1.85. The van der Waals surface area contributed by atoms with Crippen molar-refractivity contribution in [1.29, 1.82) is 0 Å². The largest absolute Gasteiger partial charge is 0.0836 e. The van der Waals surface area contributed by atoms with Gasteiger partial charge in [0.2, 0.25) is 0 Å². The highest BCUT2D eigenvalue weighted by molar-refractivity contribution is 6.44. The minimum Gasteiger partial charge on any atom is -0.0836 e. The predicted molar refractivity (Wildman–Crippen MR) is 80.2 cm³/mol. The third-order valence-corrected chi connectivity index (χ3v) is 4.17. The van der Waals surface area contributed by atoms with Crippen LogP contribution in [0.4, 0.5) is 0 Å². The summed E-state index contributed by atoms with van der Waals surface area (Å²) in [6.07, 6.45) is 0. The summed E-state index contributed by atoms with van der Waals surface area (Å²) in [5.74, 6) is 0. The van der Waals surface area contributed by atoms with Crippen molar-refractivity contribution in [2.45, 2.75) is 0 Å². The smallest absolute Gasteiger partial charge is 0.0499 e. The van der Waals surface area contributed by atoms with E-state index in [0.717, 1.165) is 10.8 Å². The molecule has 0 radical (unpaired) electrons. The summed E-state index contributed by atoms with van der Waals surface area (Å²) in [7, 11) is 0. The Morgan fingerprint density at radius 1 is 0.611 bits per heavy atom. The molecule has 0 spiro atoms. The van der Waals surface area contributed by atoms with Gasteiger partial charge in [-0.15, -0.1) is 0 Å². The SMILES string of the molecule is Clc1cc(Cl)c2ccc3cccc4ccc1c2c43. The van der Waals surface area contributed by atoms with E-state index in [1.165, 1.54) is 21.5 Å². The van der Waals surface area contributed by atoms with Gasteiger partial charge in [0.25, 0.3) is 0 Å². The lowest BCUT2D eigenvalue weighted by Gasteiger charge is -2.12. The van der Waals surface area contributed by atoms with Crippen molar-refractivity contribution in [3.63, 3.8) is 0 Å². The van der Waals surface area contributed by atoms with Gasteiger partial charge in [0.05, 0.1) is 0 Å². The molecule has 18 heavy (non-hydrogen) atoms. The third-order valence-electron chi connectivity index (χ3n) is 3.54. The maximum Gasteiger partial charge on any atom is 0.0499 e. The van der Waals surface area contributed by atoms with E-state index in [1.54, 1.807) is 0 Å². The first kappa shape index (κ1) is 10.4. The molecule has 86 valence electrons. The van der Waals surface area contributed by atoms with E-state index in [1.807, 2.05) is 6.07 Å². The van der Waals surface area contributed by atoms with Crippen LogP contribution in [-0.2, 0) is 0 Å². The minimum absolute atomic E-state index is 0.714. The predicted octanol–water partition coefficient (Wildman–Crippen LogP) is 5.89. The average molecular weight is 271 g/mol. The highest BCUT2D eigenvalue weighted by atomic mass is 35.5. The van der Waals surface area contributed by atoms with Gasteiger partial charge in [0, 0.05) is 26.2 Å². The Bertz CT molecular complexity index is 827. The standard InChI is InChI=1S/C16H8Cl2/c17-13-8-14(18)12-7-5-10-3-1-2-9-4-6-11(13)16(12)15(9)10/h1-8H. The molecule has 4 aromatic rings. The second kappa shape index (κ2) is 3.50.